The first kappa shape index (κ1) is 21.6. The standard InChI is InChI=1S/C27H20P2Se3/c30-28(23-17-9-3-10-18-23)27(29(31,32-28)24-19-11-4-12-20-24)25(21-13-5-1-6-14-21)26(27)22-15-7-2-8-16-22/h1-20H. The predicted molar refractivity (Wildman–Crippen MR) is 146 cm³/mol. The molecule has 0 N–H and O–H groups in total. The summed E-state index contributed by atoms with van der Waals surface area (Å²) < 4.78 is -3.07. The monoisotopic (exact) mass is 646 g/mol. The van der Waals surface area contributed by atoms with Crippen molar-refractivity contribution in [1.82, 2.24) is 0 Å². The predicted octanol–water partition coefficient (Wildman–Crippen LogP) is 5.71. The molecule has 1 heterocycles. The average Bonchev–Trinajstić information content (AvgIpc) is 3.61. The van der Waals surface area contributed by atoms with Crippen LogP contribution in [0, 0.1) is 0 Å². The third-order valence-electron chi connectivity index (χ3n) is 6.28. The van der Waals surface area contributed by atoms with E-state index in [1.54, 1.807) is 11.1 Å². The molecule has 1 spiro atoms. The van der Waals surface area contributed by atoms with Gasteiger partial charge in [-0.25, -0.2) is 0 Å². The van der Waals surface area contributed by atoms with E-state index < -0.39 is 8.40 Å². The van der Waals surface area contributed by atoms with E-state index >= 15 is 0 Å². The number of allylic oxidation sites excluding steroid dienone is 2. The Labute approximate surface area is 210 Å². The van der Waals surface area contributed by atoms with Crippen molar-refractivity contribution in [3.8, 4) is 0 Å². The van der Waals surface area contributed by atoms with Crippen molar-refractivity contribution < 1.29 is 0 Å². The molecular formula is C27H20P2Se3. The molecule has 0 saturated carbocycles. The van der Waals surface area contributed by atoms with Crippen molar-refractivity contribution in [2.75, 3.05) is 0 Å². The molecule has 0 radical (unpaired) electrons. The van der Waals surface area contributed by atoms with E-state index in [-0.39, 0.29) is 4.90 Å². The van der Waals surface area contributed by atoms with Crippen LogP contribution in [0.3, 0.4) is 0 Å². The molecule has 32 heavy (non-hydrogen) atoms. The number of hydrogen-bond donors (Lipinski definition) is 0. The molecule has 4 aromatic rings. The van der Waals surface area contributed by atoms with Gasteiger partial charge in [-0.1, -0.05) is 0 Å². The molecule has 0 bridgehead atoms. The Balaban J connectivity index is 1.65. The van der Waals surface area contributed by atoms with Gasteiger partial charge in [-0.2, -0.15) is 0 Å². The Kier molecular flexibility index (Phi) is 5.44. The van der Waals surface area contributed by atoms with Gasteiger partial charge < -0.3 is 0 Å². The summed E-state index contributed by atoms with van der Waals surface area (Å²) in [5.41, 5.74) is 5.91. The summed E-state index contributed by atoms with van der Waals surface area (Å²) in [6, 6.07) is 44.8. The molecule has 4 aromatic carbocycles. The van der Waals surface area contributed by atoms with Crippen LogP contribution in [0.25, 0.3) is 11.1 Å². The first-order valence-electron chi connectivity index (χ1n) is 10.5. The zero-order valence-electron chi connectivity index (χ0n) is 17.2. The summed E-state index contributed by atoms with van der Waals surface area (Å²) in [6.45, 7) is 0. The van der Waals surface area contributed by atoms with Gasteiger partial charge in [0.05, 0.1) is 0 Å². The summed E-state index contributed by atoms with van der Waals surface area (Å²) in [5.74, 6) is 0. The average molecular weight is 643 g/mol. The van der Waals surface area contributed by atoms with Gasteiger partial charge in [0.2, 0.25) is 0 Å². The Morgan fingerprint density at radius 2 is 0.781 bits per heavy atom. The summed E-state index contributed by atoms with van der Waals surface area (Å²) in [7, 11) is 0. The molecule has 0 nitrogen and oxygen atoms in total. The van der Waals surface area contributed by atoms with Crippen LogP contribution in [0.5, 0.6) is 0 Å². The fourth-order valence-corrected chi connectivity index (χ4v) is 79.2. The van der Waals surface area contributed by atoms with Gasteiger partial charge in [0.25, 0.3) is 0 Å². The summed E-state index contributed by atoms with van der Waals surface area (Å²) in [5, 5.41) is 3.06. The van der Waals surface area contributed by atoms with Gasteiger partial charge in [0.15, 0.2) is 0 Å². The molecule has 1 aliphatic heterocycles. The van der Waals surface area contributed by atoms with E-state index in [4.69, 9.17) is 0 Å². The topological polar surface area (TPSA) is 0 Å². The second-order valence-corrected chi connectivity index (χ2v) is 37.5. The summed E-state index contributed by atoms with van der Waals surface area (Å²) >= 11 is 8.28. The molecule has 6 rings (SSSR count). The number of benzene rings is 4. The van der Waals surface area contributed by atoms with E-state index in [2.05, 4.69) is 152 Å². The first-order chi connectivity index (χ1) is 15.6. The minimum atomic E-state index is -1.54. The van der Waals surface area contributed by atoms with E-state index in [1.165, 1.54) is 21.7 Å². The van der Waals surface area contributed by atoms with Crippen LogP contribution < -0.4 is 10.6 Å². The van der Waals surface area contributed by atoms with Crippen LogP contribution in [-0.2, 0) is 0 Å². The summed E-state index contributed by atoms with van der Waals surface area (Å²) in [6.07, 6.45) is 0. The van der Waals surface area contributed by atoms with Gasteiger partial charge in [0.1, 0.15) is 0 Å². The van der Waals surface area contributed by atoms with Crippen molar-refractivity contribution >= 4 is 74.4 Å². The molecule has 1 aliphatic carbocycles. The first-order valence-corrected chi connectivity index (χ1v) is 23.0. The van der Waals surface area contributed by atoms with Gasteiger partial charge >= 0.3 is 212 Å². The molecule has 5 heteroatoms. The third kappa shape index (κ3) is 2.88. The van der Waals surface area contributed by atoms with E-state index in [0.29, 0.717) is 14.1 Å². The van der Waals surface area contributed by atoms with Crippen LogP contribution in [0.2, 0.25) is 0 Å². The quantitative estimate of drug-likeness (QED) is 0.198. The number of rotatable bonds is 4. The van der Waals surface area contributed by atoms with Gasteiger partial charge in [-0.15, -0.1) is 0 Å². The second-order valence-electron chi connectivity index (χ2n) is 8.01. The van der Waals surface area contributed by atoms with E-state index in [0.717, 1.165) is 0 Å². The molecule has 2 aliphatic rings. The van der Waals surface area contributed by atoms with Crippen molar-refractivity contribution in [3.63, 3.8) is 0 Å². The molecule has 0 amide bonds. The van der Waals surface area contributed by atoms with Gasteiger partial charge in [-0.3, -0.25) is 0 Å². The van der Waals surface area contributed by atoms with Crippen LogP contribution in [0.4, 0.5) is 0 Å². The SMILES string of the molecule is [Se]=P1(c2ccccc2)[Se]P(=[Se])(c2ccccc2)C12C(c1ccccc1)=C2c1ccccc1. The van der Waals surface area contributed by atoms with Gasteiger partial charge in [0, 0.05) is 0 Å². The molecule has 156 valence electrons. The summed E-state index contributed by atoms with van der Waals surface area (Å²) in [4.78, 5) is 0.103. The van der Waals surface area contributed by atoms with Crippen LogP contribution in [0.1, 0.15) is 11.1 Å². The fraction of sp³-hybridized carbons (Fsp3) is 0.0370. The molecule has 1 fully saturated rings. The third-order valence-corrected chi connectivity index (χ3v) is 52.1. The molecule has 0 aromatic heterocycles. The Morgan fingerprint density at radius 1 is 0.469 bits per heavy atom. The van der Waals surface area contributed by atoms with E-state index in [1.807, 2.05) is 0 Å². The van der Waals surface area contributed by atoms with Crippen molar-refractivity contribution in [2.45, 2.75) is 4.90 Å². The zero-order valence-corrected chi connectivity index (χ0v) is 24.1. The molecule has 2 atom stereocenters. The molecule has 1 saturated heterocycles. The van der Waals surface area contributed by atoms with E-state index in [9.17, 15) is 0 Å². The maximum atomic E-state index is 3.89. The second kappa shape index (κ2) is 8.07. The normalized spacial score (nSPS) is 25.4. The Bertz CT molecular complexity index is 1320. The van der Waals surface area contributed by atoms with Gasteiger partial charge in [-0.05, 0) is 0 Å². The zero-order chi connectivity index (χ0) is 21.8. The fourth-order valence-electron chi connectivity index (χ4n) is 4.89. The maximum absolute atomic E-state index is 3.89. The number of hydrogen-bond acceptors (Lipinski definition) is 0. The van der Waals surface area contributed by atoms with Crippen molar-refractivity contribution in [2.24, 2.45) is 0 Å². The van der Waals surface area contributed by atoms with Crippen LogP contribution >= 0.6 is 8.40 Å². The Hall–Kier alpha value is -0.962. The Morgan fingerprint density at radius 3 is 1.12 bits per heavy atom. The van der Waals surface area contributed by atoms with Crippen molar-refractivity contribution in [1.29, 1.82) is 0 Å². The van der Waals surface area contributed by atoms with Crippen LogP contribution in [0.15, 0.2) is 121 Å². The van der Waals surface area contributed by atoms with Crippen molar-refractivity contribution in [3.05, 3.63) is 132 Å². The molecule has 2 unspecified atom stereocenters. The minimum absolute atomic E-state index is 0.103. The molecular weight excluding hydrogens is 623 g/mol. The van der Waals surface area contributed by atoms with Crippen LogP contribution in [-0.4, -0.2) is 49.2 Å².